The van der Waals surface area contributed by atoms with Crippen LogP contribution in [0.5, 0.6) is 5.75 Å². The van der Waals surface area contributed by atoms with E-state index in [-0.39, 0.29) is 5.91 Å². The van der Waals surface area contributed by atoms with Gasteiger partial charge in [-0.1, -0.05) is 79.9 Å². The molecule has 0 bridgehead atoms. The van der Waals surface area contributed by atoms with Crippen LogP contribution < -0.4 is 15.0 Å². The second-order valence-corrected chi connectivity index (χ2v) is 9.75. The minimum Gasteiger partial charge on any atom is -0.489 e. The van der Waals surface area contributed by atoms with E-state index in [4.69, 9.17) is 4.74 Å². The Morgan fingerprint density at radius 3 is 2.34 bits per heavy atom. The number of amides is 1. The Bertz CT molecular complexity index is 1140. The molecule has 1 saturated carbocycles. The number of hydrogen-bond acceptors (Lipinski definition) is 4. The van der Waals surface area contributed by atoms with E-state index in [9.17, 15) is 9.90 Å². The summed E-state index contributed by atoms with van der Waals surface area (Å²) in [6, 6.07) is 25.6. The van der Waals surface area contributed by atoms with Crippen molar-refractivity contribution in [3.8, 4) is 5.75 Å². The molecule has 0 radical (unpaired) electrons. The van der Waals surface area contributed by atoms with E-state index in [1.165, 1.54) is 0 Å². The first-order valence-electron chi connectivity index (χ1n) is 12.7. The molecule has 1 amide bonds. The Labute approximate surface area is 207 Å². The Kier molecular flexibility index (Phi) is 6.89. The second-order valence-electron chi connectivity index (χ2n) is 9.75. The van der Waals surface area contributed by atoms with Gasteiger partial charge in [-0.05, 0) is 54.8 Å². The van der Waals surface area contributed by atoms with Gasteiger partial charge in [0.1, 0.15) is 12.4 Å². The topological polar surface area (TPSA) is 61.8 Å². The minimum absolute atomic E-state index is 0.108. The van der Waals surface area contributed by atoms with Gasteiger partial charge >= 0.3 is 0 Å². The van der Waals surface area contributed by atoms with Crippen LogP contribution >= 0.6 is 0 Å². The zero-order chi connectivity index (χ0) is 24.3. The smallest absolute Gasteiger partial charge is 0.238 e. The van der Waals surface area contributed by atoms with Crippen molar-refractivity contribution in [2.24, 2.45) is 0 Å². The standard InChI is InChI=1S/C30H34N2O3/c1-31-20-27(33)28(23-13-7-3-8-14-23)32-26-16-15-24(35-21-22-11-5-2-6-12-22)19-25(26)30(29(32)34)17-9-4-10-18-30/h2-3,5-8,11-16,19,27-28,31,33H,4,9-10,17-18,20-21H2,1H3. The number of nitrogens with one attached hydrogen (secondary N) is 1. The summed E-state index contributed by atoms with van der Waals surface area (Å²) in [6.07, 6.45) is 4.14. The molecule has 35 heavy (non-hydrogen) atoms. The average Bonchev–Trinajstić information content (AvgIpc) is 3.12. The monoisotopic (exact) mass is 470 g/mol. The van der Waals surface area contributed by atoms with Gasteiger partial charge in [0.25, 0.3) is 0 Å². The van der Waals surface area contributed by atoms with E-state index in [1.807, 2.05) is 72.6 Å². The molecule has 1 heterocycles. The van der Waals surface area contributed by atoms with Crippen LogP contribution in [0.3, 0.4) is 0 Å². The van der Waals surface area contributed by atoms with E-state index < -0.39 is 17.6 Å². The maximum Gasteiger partial charge on any atom is 0.238 e. The van der Waals surface area contributed by atoms with Gasteiger partial charge in [0.2, 0.25) is 5.91 Å². The predicted molar refractivity (Wildman–Crippen MR) is 139 cm³/mol. The Morgan fingerprint density at radius 2 is 1.66 bits per heavy atom. The lowest BCUT2D eigenvalue weighted by atomic mass is 9.70. The Balaban J connectivity index is 1.55. The van der Waals surface area contributed by atoms with E-state index in [2.05, 4.69) is 23.5 Å². The lowest BCUT2D eigenvalue weighted by Gasteiger charge is -2.36. The summed E-state index contributed by atoms with van der Waals surface area (Å²) in [7, 11) is 1.82. The SMILES string of the molecule is CNCC(O)C(c1ccccc1)N1C(=O)C2(CCCCC2)c2cc(OCc3ccccc3)ccc21. The Hall–Kier alpha value is -3.15. The van der Waals surface area contributed by atoms with Crippen molar-refractivity contribution in [3.05, 3.63) is 95.6 Å². The van der Waals surface area contributed by atoms with Gasteiger partial charge in [0, 0.05) is 12.2 Å². The third kappa shape index (κ3) is 4.46. The zero-order valence-corrected chi connectivity index (χ0v) is 20.3. The number of anilines is 1. The first kappa shape index (κ1) is 23.6. The van der Waals surface area contributed by atoms with E-state index >= 15 is 0 Å². The molecule has 0 saturated heterocycles. The molecule has 1 aliphatic heterocycles. The molecule has 1 spiro atoms. The van der Waals surface area contributed by atoms with Crippen LogP contribution in [0.1, 0.15) is 54.8 Å². The van der Waals surface area contributed by atoms with E-state index in [1.54, 1.807) is 0 Å². The van der Waals surface area contributed by atoms with Crippen LogP contribution in [0, 0.1) is 0 Å². The molecule has 3 aromatic rings. The number of aliphatic hydroxyl groups is 1. The number of rotatable bonds is 8. The number of nitrogens with zero attached hydrogens (tertiary/aromatic N) is 1. The van der Waals surface area contributed by atoms with Crippen LogP contribution in [-0.2, 0) is 16.8 Å². The van der Waals surface area contributed by atoms with Gasteiger partial charge in [-0.2, -0.15) is 0 Å². The Morgan fingerprint density at radius 1 is 0.971 bits per heavy atom. The zero-order valence-electron chi connectivity index (χ0n) is 20.3. The number of fused-ring (bicyclic) bond motifs is 2. The fourth-order valence-electron chi connectivity index (χ4n) is 5.82. The summed E-state index contributed by atoms with van der Waals surface area (Å²) in [5.41, 5.74) is 3.44. The first-order valence-corrected chi connectivity index (χ1v) is 12.7. The van der Waals surface area contributed by atoms with Crippen molar-refractivity contribution in [2.45, 2.75) is 56.3 Å². The molecule has 5 nitrogen and oxygen atoms in total. The van der Waals surface area contributed by atoms with Crippen molar-refractivity contribution < 1.29 is 14.6 Å². The van der Waals surface area contributed by atoms with Crippen LogP contribution in [0.25, 0.3) is 0 Å². The number of aliphatic hydroxyl groups excluding tert-OH is 1. The quantitative estimate of drug-likeness (QED) is 0.479. The molecule has 5 heteroatoms. The summed E-state index contributed by atoms with van der Waals surface area (Å²) in [5.74, 6) is 0.885. The van der Waals surface area contributed by atoms with Crippen molar-refractivity contribution in [3.63, 3.8) is 0 Å². The predicted octanol–water partition coefficient (Wildman–Crippen LogP) is 5.14. The minimum atomic E-state index is -0.744. The van der Waals surface area contributed by atoms with Gasteiger partial charge in [0.05, 0.1) is 17.6 Å². The summed E-state index contributed by atoms with van der Waals surface area (Å²) in [5, 5.41) is 14.3. The molecule has 1 aliphatic carbocycles. The highest BCUT2D eigenvalue weighted by Gasteiger charge is 2.53. The highest BCUT2D eigenvalue weighted by atomic mass is 16.5. The maximum absolute atomic E-state index is 14.3. The normalized spacial score (nSPS) is 18.3. The summed E-state index contributed by atoms with van der Waals surface area (Å²) in [4.78, 5) is 16.2. The number of carbonyl (C=O) groups is 1. The summed E-state index contributed by atoms with van der Waals surface area (Å²) < 4.78 is 6.16. The molecular weight excluding hydrogens is 436 g/mol. The highest BCUT2D eigenvalue weighted by molar-refractivity contribution is 6.09. The van der Waals surface area contributed by atoms with Gasteiger partial charge < -0.3 is 20.1 Å². The van der Waals surface area contributed by atoms with Crippen LogP contribution in [0.4, 0.5) is 5.69 Å². The summed E-state index contributed by atoms with van der Waals surface area (Å²) in [6.45, 7) is 0.877. The van der Waals surface area contributed by atoms with Crippen molar-refractivity contribution in [1.82, 2.24) is 5.32 Å². The third-order valence-corrected chi connectivity index (χ3v) is 7.52. The number of carbonyl (C=O) groups excluding carboxylic acids is 1. The molecule has 0 aromatic heterocycles. The number of benzene rings is 3. The molecule has 2 unspecified atom stereocenters. The fraction of sp³-hybridized carbons (Fsp3) is 0.367. The van der Waals surface area contributed by atoms with Crippen LogP contribution in [0.2, 0.25) is 0 Å². The lowest BCUT2D eigenvalue weighted by Crippen LogP contribution is -2.47. The number of ether oxygens (including phenoxy) is 1. The molecular formula is C30H34N2O3. The largest absolute Gasteiger partial charge is 0.489 e. The van der Waals surface area contributed by atoms with E-state index in [0.717, 1.165) is 60.2 Å². The lowest BCUT2D eigenvalue weighted by molar-refractivity contribution is -0.125. The van der Waals surface area contributed by atoms with Gasteiger partial charge in [-0.15, -0.1) is 0 Å². The fourth-order valence-corrected chi connectivity index (χ4v) is 5.82. The molecule has 5 rings (SSSR count). The number of hydrogen-bond donors (Lipinski definition) is 2. The molecule has 3 aromatic carbocycles. The van der Waals surface area contributed by atoms with Gasteiger partial charge in [-0.25, -0.2) is 0 Å². The highest BCUT2D eigenvalue weighted by Crippen LogP contribution is 2.53. The molecule has 182 valence electrons. The molecule has 1 fully saturated rings. The average molecular weight is 471 g/mol. The van der Waals surface area contributed by atoms with Crippen molar-refractivity contribution in [1.29, 1.82) is 0 Å². The van der Waals surface area contributed by atoms with Gasteiger partial charge in [-0.3, -0.25) is 4.79 Å². The van der Waals surface area contributed by atoms with Crippen molar-refractivity contribution >= 4 is 11.6 Å². The van der Waals surface area contributed by atoms with E-state index in [0.29, 0.717) is 13.2 Å². The second kappa shape index (κ2) is 10.2. The maximum atomic E-state index is 14.3. The third-order valence-electron chi connectivity index (χ3n) is 7.52. The molecule has 2 atom stereocenters. The van der Waals surface area contributed by atoms with Crippen LogP contribution in [0.15, 0.2) is 78.9 Å². The molecule has 2 N–H and O–H groups in total. The molecule has 2 aliphatic rings. The number of likely N-dealkylation sites (N-methyl/N-ethyl adjacent to an activating group) is 1. The van der Waals surface area contributed by atoms with Crippen LogP contribution in [-0.4, -0.2) is 30.7 Å². The first-order chi connectivity index (χ1) is 17.1. The van der Waals surface area contributed by atoms with Crippen molar-refractivity contribution in [2.75, 3.05) is 18.5 Å². The van der Waals surface area contributed by atoms with Gasteiger partial charge in [0.15, 0.2) is 0 Å². The summed E-state index contributed by atoms with van der Waals surface area (Å²) >= 11 is 0.